The highest BCUT2D eigenvalue weighted by atomic mass is 35.5. The van der Waals surface area contributed by atoms with Gasteiger partial charge in [0.1, 0.15) is 5.78 Å². The maximum Gasteiger partial charge on any atom is 0.254 e. The van der Waals surface area contributed by atoms with Gasteiger partial charge in [-0.15, -0.1) is 0 Å². The van der Waals surface area contributed by atoms with Crippen molar-refractivity contribution in [2.45, 2.75) is 38.8 Å². The molecule has 136 valence electrons. The Morgan fingerprint density at radius 1 is 1.15 bits per heavy atom. The van der Waals surface area contributed by atoms with Crippen LogP contribution in [0.15, 0.2) is 42.5 Å². The monoisotopic (exact) mass is 371 g/mol. The summed E-state index contributed by atoms with van der Waals surface area (Å²) in [5, 5.41) is 11.4. The van der Waals surface area contributed by atoms with E-state index < -0.39 is 12.1 Å². The van der Waals surface area contributed by atoms with E-state index in [4.69, 9.17) is 11.6 Å². The van der Waals surface area contributed by atoms with Gasteiger partial charge in [-0.2, -0.15) is 0 Å². The first-order valence-corrected chi connectivity index (χ1v) is 9.07. The SMILES string of the molecule is Cc1cc(C)cc(C(=O)N2CCC(=O)C[C@@H]2[C@@H](O)c2ccc(Cl)cc2)c1. The fourth-order valence-corrected chi connectivity index (χ4v) is 3.66. The van der Waals surface area contributed by atoms with Gasteiger partial charge in [0, 0.05) is 30.0 Å². The van der Waals surface area contributed by atoms with Crippen LogP contribution in [0.1, 0.15) is 46.0 Å². The van der Waals surface area contributed by atoms with Crippen LogP contribution in [-0.2, 0) is 4.79 Å². The quantitative estimate of drug-likeness (QED) is 0.891. The van der Waals surface area contributed by atoms with Crippen LogP contribution in [0.5, 0.6) is 0 Å². The molecule has 0 aromatic heterocycles. The zero-order valence-corrected chi connectivity index (χ0v) is 15.7. The lowest BCUT2D eigenvalue weighted by atomic mass is 9.91. The molecule has 2 aromatic carbocycles. The minimum atomic E-state index is -0.939. The smallest absolute Gasteiger partial charge is 0.254 e. The van der Waals surface area contributed by atoms with Crippen LogP contribution in [0.2, 0.25) is 5.02 Å². The van der Waals surface area contributed by atoms with Crippen molar-refractivity contribution in [2.75, 3.05) is 6.54 Å². The number of hydrogen-bond donors (Lipinski definition) is 1. The molecule has 0 unspecified atom stereocenters. The number of aliphatic hydroxyl groups is 1. The number of carbonyl (C=O) groups is 2. The second-order valence-corrected chi connectivity index (χ2v) is 7.37. The van der Waals surface area contributed by atoms with Crippen LogP contribution >= 0.6 is 11.6 Å². The number of aliphatic hydroxyl groups excluding tert-OH is 1. The zero-order valence-electron chi connectivity index (χ0n) is 14.9. The van der Waals surface area contributed by atoms with E-state index in [1.165, 1.54) is 0 Å². The summed E-state index contributed by atoms with van der Waals surface area (Å²) in [4.78, 5) is 26.7. The van der Waals surface area contributed by atoms with Crippen LogP contribution in [0.3, 0.4) is 0 Å². The molecule has 0 bridgehead atoms. The summed E-state index contributed by atoms with van der Waals surface area (Å²) in [6, 6.07) is 12.0. The van der Waals surface area contributed by atoms with Gasteiger partial charge in [0.05, 0.1) is 12.1 Å². The van der Waals surface area contributed by atoms with Crippen LogP contribution in [0, 0.1) is 13.8 Å². The average Bonchev–Trinajstić information content (AvgIpc) is 2.60. The fourth-order valence-electron chi connectivity index (χ4n) is 3.54. The van der Waals surface area contributed by atoms with Crippen LogP contribution in [0.25, 0.3) is 0 Å². The molecule has 0 saturated carbocycles. The second-order valence-electron chi connectivity index (χ2n) is 6.93. The van der Waals surface area contributed by atoms with Gasteiger partial charge in [0.15, 0.2) is 0 Å². The highest BCUT2D eigenvalue weighted by molar-refractivity contribution is 6.30. The normalized spacial score (nSPS) is 18.7. The Bertz CT molecular complexity index is 811. The standard InChI is InChI=1S/C21H22ClNO3/c1-13-9-14(2)11-16(10-13)21(26)23-8-7-18(24)12-19(23)20(25)15-3-5-17(22)6-4-15/h3-6,9-11,19-20,25H,7-8,12H2,1-2H3/t19-,20+/m1/s1. The Balaban J connectivity index is 1.91. The summed E-state index contributed by atoms with van der Waals surface area (Å²) in [5.74, 6) is -0.0881. The number of amides is 1. The average molecular weight is 372 g/mol. The van der Waals surface area contributed by atoms with E-state index in [0.717, 1.165) is 11.1 Å². The lowest BCUT2D eigenvalue weighted by Crippen LogP contribution is -2.49. The van der Waals surface area contributed by atoms with Crippen LogP contribution < -0.4 is 0 Å². The van der Waals surface area contributed by atoms with E-state index in [1.807, 2.05) is 32.0 Å². The topological polar surface area (TPSA) is 57.6 Å². The van der Waals surface area contributed by atoms with Crippen molar-refractivity contribution in [1.29, 1.82) is 0 Å². The number of likely N-dealkylation sites (tertiary alicyclic amines) is 1. The highest BCUT2D eigenvalue weighted by Gasteiger charge is 2.36. The molecule has 1 saturated heterocycles. The van der Waals surface area contributed by atoms with Crippen LogP contribution in [-0.4, -0.2) is 34.3 Å². The molecule has 1 aliphatic heterocycles. The molecule has 2 atom stereocenters. The van der Waals surface area contributed by atoms with Gasteiger partial charge < -0.3 is 10.0 Å². The lowest BCUT2D eigenvalue weighted by molar-refractivity contribution is -0.124. The Labute approximate surface area is 158 Å². The van der Waals surface area contributed by atoms with E-state index in [-0.39, 0.29) is 18.1 Å². The third kappa shape index (κ3) is 3.97. The first-order chi connectivity index (χ1) is 12.3. The number of carbonyl (C=O) groups excluding carboxylic acids is 2. The van der Waals surface area contributed by atoms with E-state index in [0.29, 0.717) is 29.1 Å². The minimum absolute atomic E-state index is 0.0625. The maximum atomic E-state index is 13.1. The molecule has 1 N–H and O–H groups in total. The van der Waals surface area contributed by atoms with Crippen molar-refractivity contribution in [3.05, 3.63) is 69.7 Å². The summed E-state index contributed by atoms with van der Waals surface area (Å²) in [5.41, 5.74) is 3.25. The number of ketones is 1. The number of aryl methyl sites for hydroxylation is 2. The molecule has 4 nitrogen and oxygen atoms in total. The van der Waals surface area contributed by atoms with Gasteiger partial charge in [-0.3, -0.25) is 9.59 Å². The molecule has 26 heavy (non-hydrogen) atoms. The summed E-state index contributed by atoms with van der Waals surface area (Å²) in [7, 11) is 0. The van der Waals surface area contributed by atoms with Crippen molar-refractivity contribution < 1.29 is 14.7 Å². The number of hydrogen-bond acceptors (Lipinski definition) is 3. The first-order valence-electron chi connectivity index (χ1n) is 8.69. The Morgan fingerprint density at radius 2 is 1.77 bits per heavy atom. The van der Waals surface area contributed by atoms with E-state index in [2.05, 4.69) is 0 Å². The third-order valence-electron chi connectivity index (χ3n) is 4.77. The van der Waals surface area contributed by atoms with Crippen molar-refractivity contribution in [3.63, 3.8) is 0 Å². The van der Waals surface area contributed by atoms with E-state index in [9.17, 15) is 14.7 Å². The number of Topliss-reactive ketones (excluding diaryl/α,β-unsaturated/α-hetero) is 1. The molecule has 0 radical (unpaired) electrons. The minimum Gasteiger partial charge on any atom is -0.386 e. The summed E-state index contributed by atoms with van der Waals surface area (Å²) in [6.45, 7) is 4.22. The summed E-state index contributed by atoms with van der Waals surface area (Å²) in [6.07, 6.45) is -0.466. The predicted octanol–water partition coefficient (Wildman–Crippen LogP) is 3.86. The van der Waals surface area contributed by atoms with Gasteiger partial charge >= 0.3 is 0 Å². The van der Waals surface area contributed by atoms with Crippen molar-refractivity contribution in [3.8, 4) is 0 Å². The molecule has 1 fully saturated rings. The zero-order chi connectivity index (χ0) is 18.8. The Morgan fingerprint density at radius 3 is 2.38 bits per heavy atom. The van der Waals surface area contributed by atoms with Gasteiger partial charge in [-0.05, 0) is 43.7 Å². The molecular formula is C21H22ClNO3. The second kappa shape index (κ2) is 7.60. The summed E-state index contributed by atoms with van der Waals surface area (Å²) >= 11 is 5.91. The molecule has 1 amide bonds. The van der Waals surface area contributed by atoms with Gasteiger partial charge in [-0.1, -0.05) is 40.9 Å². The lowest BCUT2D eigenvalue weighted by Gasteiger charge is -2.38. The Hall–Kier alpha value is -2.17. The predicted molar refractivity (Wildman–Crippen MR) is 101 cm³/mol. The maximum absolute atomic E-state index is 13.1. The number of halogens is 1. The largest absolute Gasteiger partial charge is 0.386 e. The number of nitrogens with zero attached hydrogens (tertiary/aromatic N) is 1. The van der Waals surface area contributed by atoms with Crippen molar-refractivity contribution in [1.82, 2.24) is 4.90 Å². The molecule has 0 spiro atoms. The number of rotatable bonds is 3. The number of piperidine rings is 1. The van der Waals surface area contributed by atoms with Gasteiger partial charge in [0.25, 0.3) is 5.91 Å². The molecule has 5 heteroatoms. The fraction of sp³-hybridized carbons (Fsp3) is 0.333. The Kier molecular flexibility index (Phi) is 5.44. The van der Waals surface area contributed by atoms with E-state index >= 15 is 0 Å². The van der Waals surface area contributed by atoms with E-state index in [1.54, 1.807) is 29.2 Å². The van der Waals surface area contributed by atoms with Crippen LogP contribution in [0.4, 0.5) is 0 Å². The molecular weight excluding hydrogens is 350 g/mol. The van der Waals surface area contributed by atoms with Crippen molar-refractivity contribution in [2.24, 2.45) is 0 Å². The van der Waals surface area contributed by atoms with Gasteiger partial charge in [-0.25, -0.2) is 0 Å². The highest BCUT2D eigenvalue weighted by Crippen LogP contribution is 2.29. The molecule has 1 aliphatic rings. The first kappa shape index (κ1) is 18.6. The van der Waals surface area contributed by atoms with Gasteiger partial charge in [0.2, 0.25) is 0 Å². The molecule has 3 rings (SSSR count). The summed E-state index contributed by atoms with van der Waals surface area (Å²) < 4.78 is 0. The molecule has 1 heterocycles. The van der Waals surface area contributed by atoms with Crippen molar-refractivity contribution >= 4 is 23.3 Å². The molecule has 2 aromatic rings. The number of benzene rings is 2. The molecule has 0 aliphatic carbocycles. The third-order valence-corrected chi connectivity index (χ3v) is 5.03.